The van der Waals surface area contributed by atoms with Crippen LogP contribution in [0.3, 0.4) is 0 Å². The van der Waals surface area contributed by atoms with Crippen LogP contribution in [-0.2, 0) is 4.79 Å². The second-order valence-electron chi connectivity index (χ2n) is 7.36. The van der Waals surface area contributed by atoms with Gasteiger partial charge in [0.05, 0.1) is 11.2 Å². The number of nitrogens with one attached hydrogen (secondary N) is 1. The average molecular weight is 457 g/mol. The molecule has 0 unspecified atom stereocenters. The molecule has 0 bridgehead atoms. The fourth-order valence-corrected chi connectivity index (χ4v) is 3.61. The number of amides is 2. The molecule has 0 radical (unpaired) electrons. The van der Waals surface area contributed by atoms with Gasteiger partial charge >= 0.3 is 6.01 Å². The Morgan fingerprint density at radius 1 is 1.06 bits per heavy atom. The third-order valence-corrected chi connectivity index (χ3v) is 5.21. The van der Waals surface area contributed by atoms with Gasteiger partial charge in [-0.15, -0.1) is 0 Å². The van der Waals surface area contributed by atoms with Gasteiger partial charge < -0.3 is 19.7 Å². The highest BCUT2D eigenvalue weighted by molar-refractivity contribution is 6.08. The van der Waals surface area contributed by atoms with Crippen molar-refractivity contribution in [1.82, 2.24) is 20.3 Å². The van der Waals surface area contributed by atoms with Gasteiger partial charge in [0.2, 0.25) is 0 Å². The van der Waals surface area contributed by atoms with Crippen molar-refractivity contribution >= 4 is 28.4 Å². The van der Waals surface area contributed by atoms with Crippen LogP contribution < -0.4 is 19.7 Å². The molecule has 5 rings (SSSR count). The highest BCUT2D eigenvalue weighted by Crippen LogP contribution is 2.37. The molecule has 2 aromatic heterocycles. The molecule has 172 valence electrons. The van der Waals surface area contributed by atoms with Crippen molar-refractivity contribution in [3.8, 4) is 17.5 Å². The molecule has 1 aliphatic rings. The molecule has 0 saturated carbocycles. The first-order valence-corrected chi connectivity index (χ1v) is 10.2. The minimum atomic E-state index is -0.907. The second-order valence-corrected chi connectivity index (χ2v) is 7.36. The molecule has 3 heterocycles. The van der Waals surface area contributed by atoms with E-state index in [4.69, 9.17) is 9.47 Å². The molecule has 0 aliphatic carbocycles. The number of nitrogens with zero attached hydrogens (tertiary/aromatic N) is 4. The van der Waals surface area contributed by atoms with Gasteiger partial charge in [0.25, 0.3) is 11.8 Å². The minimum absolute atomic E-state index is 0. The number of fused-ring (bicyclic) bond motifs is 3. The van der Waals surface area contributed by atoms with Crippen LogP contribution in [0.25, 0.3) is 10.9 Å². The quantitative estimate of drug-likeness (QED) is 0.499. The van der Waals surface area contributed by atoms with Gasteiger partial charge in [-0.1, -0.05) is 25.6 Å². The van der Waals surface area contributed by atoms with Crippen molar-refractivity contribution in [3.05, 3.63) is 78.8 Å². The van der Waals surface area contributed by atoms with E-state index in [1.807, 2.05) is 30.3 Å². The summed E-state index contributed by atoms with van der Waals surface area (Å²) in [4.78, 5) is 40.1. The monoisotopic (exact) mass is 457 g/mol. The van der Waals surface area contributed by atoms with Gasteiger partial charge in [-0.05, 0) is 42.5 Å². The number of carbonyl (C=O) groups is 2. The minimum Gasteiger partial charge on any atom is -0.489 e. The smallest absolute Gasteiger partial charge is 0.322 e. The number of carbonyl (C=O) groups excluding carboxylic acids is 2. The summed E-state index contributed by atoms with van der Waals surface area (Å²) in [5.74, 6) is 0.239. The average Bonchev–Trinajstić information content (AvgIpc) is 2.97. The third-order valence-electron chi connectivity index (χ3n) is 5.21. The SMILES string of the molecule is C.CN1C(=O)[C@@H](NC(=O)c2ccnc(Oc3ccccc3)n2)COc2ccc3ncccc3c21. The molecule has 0 spiro atoms. The number of rotatable bonds is 4. The van der Waals surface area contributed by atoms with Crippen molar-refractivity contribution in [1.29, 1.82) is 0 Å². The molecule has 9 heteroatoms. The van der Waals surface area contributed by atoms with E-state index in [0.29, 0.717) is 17.2 Å². The number of anilines is 1. The van der Waals surface area contributed by atoms with E-state index >= 15 is 0 Å². The van der Waals surface area contributed by atoms with Crippen LogP contribution in [0, 0.1) is 0 Å². The Labute approximate surface area is 196 Å². The van der Waals surface area contributed by atoms with Crippen molar-refractivity contribution in [2.24, 2.45) is 0 Å². The Balaban J connectivity index is 0.00000274. The highest BCUT2D eigenvalue weighted by atomic mass is 16.5. The van der Waals surface area contributed by atoms with Crippen LogP contribution in [0.5, 0.6) is 17.5 Å². The van der Waals surface area contributed by atoms with E-state index in [0.717, 1.165) is 10.9 Å². The van der Waals surface area contributed by atoms with Gasteiger partial charge in [-0.3, -0.25) is 14.6 Å². The van der Waals surface area contributed by atoms with Crippen molar-refractivity contribution in [3.63, 3.8) is 0 Å². The summed E-state index contributed by atoms with van der Waals surface area (Å²) in [5, 5.41) is 3.50. The Morgan fingerprint density at radius 3 is 2.71 bits per heavy atom. The Bertz CT molecular complexity index is 1350. The molecule has 9 nitrogen and oxygen atoms in total. The summed E-state index contributed by atoms with van der Waals surface area (Å²) < 4.78 is 11.5. The number of para-hydroxylation sites is 1. The number of hydrogen-bond acceptors (Lipinski definition) is 7. The standard InChI is InChI=1S/C24H19N5O4.CH4/c1-29-21-16-8-5-12-25-17(16)9-10-20(21)32-14-19(23(29)31)27-22(30)18-11-13-26-24(28-18)33-15-6-3-2-4-7-15;/h2-13,19H,14H2,1H3,(H,27,30);1H4/t19-;/m0./s1. The first kappa shape index (κ1) is 22.7. The molecule has 34 heavy (non-hydrogen) atoms. The zero-order chi connectivity index (χ0) is 22.8. The normalized spacial score (nSPS) is 14.9. The van der Waals surface area contributed by atoms with Crippen molar-refractivity contribution in [2.45, 2.75) is 13.5 Å². The fourth-order valence-electron chi connectivity index (χ4n) is 3.61. The topological polar surface area (TPSA) is 107 Å². The summed E-state index contributed by atoms with van der Waals surface area (Å²) in [7, 11) is 1.65. The number of pyridine rings is 1. The molecule has 2 aromatic carbocycles. The summed E-state index contributed by atoms with van der Waals surface area (Å²) in [6.07, 6.45) is 3.11. The van der Waals surface area contributed by atoms with E-state index in [1.165, 1.54) is 17.2 Å². The number of hydrogen-bond donors (Lipinski definition) is 1. The first-order chi connectivity index (χ1) is 16.1. The molecule has 1 atom stereocenters. The fraction of sp³-hybridized carbons (Fsp3) is 0.160. The molecule has 0 fully saturated rings. The predicted molar refractivity (Wildman–Crippen MR) is 127 cm³/mol. The Hall–Kier alpha value is -4.53. The van der Waals surface area contributed by atoms with Crippen molar-refractivity contribution < 1.29 is 19.1 Å². The van der Waals surface area contributed by atoms with Crippen LogP contribution in [0.1, 0.15) is 17.9 Å². The Morgan fingerprint density at radius 2 is 1.88 bits per heavy atom. The lowest BCUT2D eigenvalue weighted by molar-refractivity contribution is -0.120. The van der Waals surface area contributed by atoms with Crippen LogP contribution in [0.15, 0.2) is 73.1 Å². The van der Waals surface area contributed by atoms with Gasteiger partial charge in [-0.2, -0.15) is 4.98 Å². The van der Waals surface area contributed by atoms with Gasteiger partial charge in [0, 0.05) is 24.8 Å². The molecule has 1 aliphatic heterocycles. The summed E-state index contributed by atoms with van der Waals surface area (Å²) >= 11 is 0. The van der Waals surface area contributed by atoms with Gasteiger partial charge in [0.1, 0.15) is 29.8 Å². The maximum absolute atomic E-state index is 13.2. The molecule has 2 amide bonds. The lowest BCUT2D eigenvalue weighted by Crippen LogP contribution is -2.49. The highest BCUT2D eigenvalue weighted by Gasteiger charge is 2.32. The Kier molecular flexibility index (Phi) is 6.35. The maximum Gasteiger partial charge on any atom is 0.322 e. The summed E-state index contributed by atoms with van der Waals surface area (Å²) in [5.41, 5.74) is 1.43. The number of aromatic nitrogens is 3. The third kappa shape index (κ3) is 4.36. The van der Waals surface area contributed by atoms with Crippen LogP contribution >= 0.6 is 0 Å². The molecular weight excluding hydrogens is 434 g/mol. The largest absolute Gasteiger partial charge is 0.489 e. The van der Waals surface area contributed by atoms with E-state index in [2.05, 4.69) is 20.3 Å². The predicted octanol–water partition coefficient (Wildman–Crippen LogP) is 3.61. The van der Waals surface area contributed by atoms with Gasteiger partial charge in [0.15, 0.2) is 0 Å². The van der Waals surface area contributed by atoms with E-state index in [-0.39, 0.29) is 31.6 Å². The zero-order valence-corrected chi connectivity index (χ0v) is 17.6. The lowest BCUT2D eigenvalue weighted by atomic mass is 10.1. The molecule has 0 saturated heterocycles. The van der Waals surface area contributed by atoms with E-state index in [9.17, 15) is 9.59 Å². The van der Waals surface area contributed by atoms with Crippen LogP contribution in [0.4, 0.5) is 5.69 Å². The van der Waals surface area contributed by atoms with Crippen LogP contribution in [-0.4, -0.2) is 46.5 Å². The van der Waals surface area contributed by atoms with E-state index < -0.39 is 11.9 Å². The number of ether oxygens (including phenoxy) is 2. The molecule has 4 aromatic rings. The number of benzene rings is 2. The zero-order valence-electron chi connectivity index (χ0n) is 17.6. The summed E-state index contributed by atoms with van der Waals surface area (Å²) in [6, 6.07) is 16.9. The summed E-state index contributed by atoms with van der Waals surface area (Å²) in [6.45, 7) is -0.0217. The molecule has 1 N–H and O–H groups in total. The van der Waals surface area contributed by atoms with Crippen molar-refractivity contribution in [2.75, 3.05) is 18.6 Å². The first-order valence-electron chi connectivity index (χ1n) is 10.2. The van der Waals surface area contributed by atoms with Gasteiger partial charge in [-0.25, -0.2) is 4.98 Å². The maximum atomic E-state index is 13.2. The lowest BCUT2D eigenvalue weighted by Gasteiger charge is -2.21. The number of likely N-dealkylation sites (N-methyl/N-ethyl adjacent to an activating group) is 1. The van der Waals surface area contributed by atoms with Crippen LogP contribution in [0.2, 0.25) is 0 Å². The second kappa shape index (κ2) is 9.53. The van der Waals surface area contributed by atoms with E-state index in [1.54, 1.807) is 37.5 Å². The molecular formula is C25H23N5O4.